The molecule has 0 aliphatic carbocycles. The number of rotatable bonds is 2. The monoisotopic (exact) mass is 199 g/mol. The Kier molecular flexibility index (Phi) is 3.49. The summed E-state index contributed by atoms with van der Waals surface area (Å²) in [7, 11) is 0. The zero-order valence-corrected chi connectivity index (χ0v) is 8.69. The van der Waals surface area contributed by atoms with E-state index in [0.29, 0.717) is 25.3 Å². The van der Waals surface area contributed by atoms with Gasteiger partial charge < -0.3 is 10.0 Å². The first-order valence-electron chi connectivity index (χ1n) is 5.08. The topological polar surface area (TPSA) is 57.6 Å². The normalized spacial score (nSPS) is 27.4. The van der Waals surface area contributed by atoms with E-state index in [1.807, 2.05) is 6.92 Å². The van der Waals surface area contributed by atoms with Gasteiger partial charge in [0.25, 0.3) is 0 Å². The van der Waals surface area contributed by atoms with Crippen LogP contribution < -0.4 is 0 Å². The molecule has 0 aromatic carbocycles. The Balaban J connectivity index is 2.72. The summed E-state index contributed by atoms with van der Waals surface area (Å²) in [5.41, 5.74) is 0. The van der Waals surface area contributed by atoms with E-state index in [1.165, 1.54) is 4.90 Å². The van der Waals surface area contributed by atoms with Gasteiger partial charge in [0.2, 0.25) is 5.91 Å². The molecule has 0 aromatic rings. The maximum Gasteiger partial charge on any atom is 0.326 e. The Bertz CT molecular complexity index is 240. The largest absolute Gasteiger partial charge is 0.480 e. The lowest BCUT2D eigenvalue weighted by molar-refractivity contribution is -0.152. The first kappa shape index (κ1) is 11.0. The minimum absolute atomic E-state index is 0.0516. The molecule has 1 saturated heterocycles. The third-order valence-electron chi connectivity index (χ3n) is 2.77. The Hall–Kier alpha value is -1.06. The Morgan fingerprint density at radius 1 is 1.50 bits per heavy atom. The van der Waals surface area contributed by atoms with Crippen molar-refractivity contribution in [2.75, 3.05) is 6.54 Å². The molecule has 80 valence electrons. The van der Waals surface area contributed by atoms with Gasteiger partial charge in [0.15, 0.2) is 0 Å². The molecular weight excluding hydrogens is 182 g/mol. The molecule has 1 aliphatic heterocycles. The summed E-state index contributed by atoms with van der Waals surface area (Å²) >= 11 is 0. The molecule has 0 radical (unpaired) electrons. The van der Waals surface area contributed by atoms with Crippen LogP contribution in [0.25, 0.3) is 0 Å². The van der Waals surface area contributed by atoms with E-state index in [1.54, 1.807) is 6.92 Å². The van der Waals surface area contributed by atoms with E-state index in [-0.39, 0.29) is 5.91 Å². The van der Waals surface area contributed by atoms with E-state index in [0.717, 1.165) is 6.42 Å². The summed E-state index contributed by atoms with van der Waals surface area (Å²) in [5.74, 6) is -0.528. The third-order valence-corrected chi connectivity index (χ3v) is 2.77. The van der Waals surface area contributed by atoms with Crippen molar-refractivity contribution in [3.63, 3.8) is 0 Å². The third kappa shape index (κ3) is 2.25. The maximum atomic E-state index is 11.5. The van der Waals surface area contributed by atoms with Crippen LogP contribution in [0, 0.1) is 5.92 Å². The molecule has 0 saturated carbocycles. The van der Waals surface area contributed by atoms with Crippen molar-refractivity contribution in [1.82, 2.24) is 4.90 Å². The number of carbonyl (C=O) groups is 2. The van der Waals surface area contributed by atoms with E-state index >= 15 is 0 Å². The minimum atomic E-state index is -0.877. The van der Waals surface area contributed by atoms with Crippen LogP contribution in [0.3, 0.4) is 0 Å². The van der Waals surface area contributed by atoms with Gasteiger partial charge in [-0.05, 0) is 18.8 Å². The summed E-state index contributed by atoms with van der Waals surface area (Å²) in [6.45, 7) is 4.38. The molecule has 1 fully saturated rings. The SMILES string of the molecule is CCC(=O)N1CCC(C)CC1C(=O)O. The summed E-state index contributed by atoms with van der Waals surface area (Å²) in [5, 5.41) is 8.98. The predicted octanol–water partition coefficient (Wildman–Crippen LogP) is 1.11. The number of likely N-dealkylation sites (tertiary alicyclic amines) is 1. The van der Waals surface area contributed by atoms with Crippen LogP contribution in [0.5, 0.6) is 0 Å². The molecule has 1 heterocycles. The lowest BCUT2D eigenvalue weighted by Gasteiger charge is -2.35. The summed E-state index contributed by atoms with van der Waals surface area (Å²) in [4.78, 5) is 23.9. The Morgan fingerprint density at radius 3 is 2.64 bits per heavy atom. The van der Waals surface area contributed by atoms with Gasteiger partial charge in [-0.25, -0.2) is 4.79 Å². The van der Waals surface area contributed by atoms with Crippen LogP contribution in [0.1, 0.15) is 33.1 Å². The molecule has 4 heteroatoms. The number of carboxylic acids is 1. The molecule has 0 bridgehead atoms. The fraction of sp³-hybridized carbons (Fsp3) is 0.800. The summed E-state index contributed by atoms with van der Waals surface area (Å²) in [6, 6.07) is -0.605. The van der Waals surface area contributed by atoms with Crippen LogP contribution in [-0.4, -0.2) is 34.5 Å². The van der Waals surface area contributed by atoms with E-state index < -0.39 is 12.0 Å². The molecule has 1 amide bonds. The second-order valence-corrected chi connectivity index (χ2v) is 3.92. The number of hydrogen-bond acceptors (Lipinski definition) is 2. The van der Waals surface area contributed by atoms with Crippen molar-refractivity contribution >= 4 is 11.9 Å². The lowest BCUT2D eigenvalue weighted by atomic mass is 9.92. The van der Waals surface area contributed by atoms with Crippen LogP contribution >= 0.6 is 0 Å². The van der Waals surface area contributed by atoms with Crippen LogP contribution in [0.2, 0.25) is 0 Å². The number of carbonyl (C=O) groups excluding carboxylic acids is 1. The average molecular weight is 199 g/mol. The van der Waals surface area contributed by atoms with E-state index in [9.17, 15) is 9.59 Å². The second kappa shape index (κ2) is 4.44. The van der Waals surface area contributed by atoms with Crippen molar-refractivity contribution in [3.8, 4) is 0 Å². The fourth-order valence-corrected chi connectivity index (χ4v) is 1.88. The van der Waals surface area contributed by atoms with Gasteiger partial charge in [-0.2, -0.15) is 0 Å². The molecule has 2 atom stereocenters. The Labute approximate surface area is 83.9 Å². The van der Waals surface area contributed by atoms with E-state index in [2.05, 4.69) is 0 Å². The standard InChI is InChI=1S/C10H17NO3/c1-3-9(12)11-5-4-7(2)6-8(11)10(13)14/h7-8H,3-6H2,1-2H3,(H,13,14). The molecule has 1 aliphatic rings. The highest BCUT2D eigenvalue weighted by Gasteiger charge is 2.33. The highest BCUT2D eigenvalue weighted by Crippen LogP contribution is 2.23. The zero-order valence-electron chi connectivity index (χ0n) is 8.69. The number of hydrogen-bond donors (Lipinski definition) is 1. The average Bonchev–Trinajstić information content (AvgIpc) is 2.16. The number of nitrogens with zero attached hydrogens (tertiary/aromatic N) is 1. The van der Waals surface area contributed by atoms with Crippen molar-refractivity contribution in [2.45, 2.75) is 39.2 Å². The first-order valence-corrected chi connectivity index (χ1v) is 5.08. The van der Waals surface area contributed by atoms with Gasteiger partial charge in [0.05, 0.1) is 0 Å². The smallest absolute Gasteiger partial charge is 0.326 e. The molecule has 4 nitrogen and oxygen atoms in total. The minimum Gasteiger partial charge on any atom is -0.480 e. The van der Waals surface area contributed by atoms with Crippen molar-refractivity contribution in [1.29, 1.82) is 0 Å². The Morgan fingerprint density at radius 2 is 2.14 bits per heavy atom. The van der Waals surface area contributed by atoms with Crippen LogP contribution in [0.15, 0.2) is 0 Å². The maximum absolute atomic E-state index is 11.5. The van der Waals surface area contributed by atoms with Gasteiger partial charge >= 0.3 is 5.97 Å². The molecule has 14 heavy (non-hydrogen) atoms. The second-order valence-electron chi connectivity index (χ2n) is 3.92. The van der Waals surface area contributed by atoms with Crippen molar-refractivity contribution in [3.05, 3.63) is 0 Å². The van der Waals surface area contributed by atoms with Gasteiger partial charge in [-0.15, -0.1) is 0 Å². The van der Waals surface area contributed by atoms with Crippen molar-refractivity contribution < 1.29 is 14.7 Å². The molecule has 2 unspecified atom stereocenters. The molecule has 1 rings (SSSR count). The fourth-order valence-electron chi connectivity index (χ4n) is 1.88. The molecule has 1 N–H and O–H groups in total. The number of carboxylic acid groups (broad SMARTS) is 1. The van der Waals surface area contributed by atoms with Gasteiger partial charge in [0, 0.05) is 13.0 Å². The van der Waals surface area contributed by atoms with Gasteiger partial charge in [0.1, 0.15) is 6.04 Å². The first-order chi connectivity index (χ1) is 6.56. The number of amides is 1. The highest BCUT2D eigenvalue weighted by atomic mass is 16.4. The zero-order chi connectivity index (χ0) is 10.7. The number of piperidine rings is 1. The predicted molar refractivity (Wildman–Crippen MR) is 51.8 cm³/mol. The summed E-state index contributed by atoms with van der Waals surface area (Å²) in [6.07, 6.45) is 1.88. The van der Waals surface area contributed by atoms with Gasteiger partial charge in [-0.3, -0.25) is 4.79 Å². The quantitative estimate of drug-likeness (QED) is 0.724. The molecule has 0 aromatic heterocycles. The lowest BCUT2D eigenvalue weighted by Crippen LogP contribution is -2.49. The highest BCUT2D eigenvalue weighted by molar-refractivity contribution is 5.83. The molecule has 0 spiro atoms. The van der Waals surface area contributed by atoms with Crippen LogP contribution in [0.4, 0.5) is 0 Å². The van der Waals surface area contributed by atoms with Crippen molar-refractivity contribution in [2.24, 2.45) is 5.92 Å². The van der Waals surface area contributed by atoms with Crippen LogP contribution in [-0.2, 0) is 9.59 Å². The van der Waals surface area contributed by atoms with E-state index in [4.69, 9.17) is 5.11 Å². The molecular formula is C10H17NO3. The summed E-state index contributed by atoms with van der Waals surface area (Å²) < 4.78 is 0. The van der Waals surface area contributed by atoms with Gasteiger partial charge in [-0.1, -0.05) is 13.8 Å². The number of aliphatic carboxylic acids is 1.